The van der Waals surface area contributed by atoms with Crippen molar-refractivity contribution in [3.05, 3.63) is 0 Å². The van der Waals surface area contributed by atoms with E-state index in [4.69, 9.17) is 0 Å². The first-order valence-electron chi connectivity index (χ1n) is 3.36. The number of rotatable bonds is 3. The van der Waals surface area contributed by atoms with Crippen molar-refractivity contribution in [2.45, 2.75) is 42.1 Å². The molecule has 0 fully saturated rings. The standard InChI is InChI=1S/C7H18As/c1-5-6-7-8(2,3)4/h5-7H2,1-4H3. The van der Waals surface area contributed by atoms with Gasteiger partial charge >= 0.3 is 55.7 Å². The zero-order chi connectivity index (χ0) is 6.62. The maximum absolute atomic E-state index is 2.47. The summed E-state index contributed by atoms with van der Waals surface area (Å²) in [6.45, 7) is 2.27. The van der Waals surface area contributed by atoms with E-state index in [1.54, 1.807) is 0 Å². The molecule has 0 aliphatic heterocycles. The van der Waals surface area contributed by atoms with Crippen molar-refractivity contribution in [3.63, 3.8) is 0 Å². The fourth-order valence-electron chi connectivity index (χ4n) is 0.632. The van der Waals surface area contributed by atoms with E-state index in [0.29, 0.717) is 0 Å². The van der Waals surface area contributed by atoms with E-state index < -0.39 is 13.6 Å². The predicted molar refractivity (Wildman–Crippen MR) is 43.1 cm³/mol. The van der Waals surface area contributed by atoms with E-state index in [9.17, 15) is 0 Å². The van der Waals surface area contributed by atoms with Gasteiger partial charge in [0.2, 0.25) is 0 Å². The van der Waals surface area contributed by atoms with Crippen LogP contribution in [-0.4, -0.2) is 13.6 Å². The van der Waals surface area contributed by atoms with Gasteiger partial charge in [-0.25, -0.2) is 0 Å². The first-order chi connectivity index (χ1) is 3.56. The Kier molecular flexibility index (Phi) is 3.81. The molecular weight excluding hydrogens is 159 g/mol. The summed E-state index contributed by atoms with van der Waals surface area (Å²) in [5.74, 6) is 0. The van der Waals surface area contributed by atoms with Crippen LogP contribution in [0.4, 0.5) is 0 Å². The van der Waals surface area contributed by atoms with Crippen LogP contribution in [0.25, 0.3) is 0 Å². The molecule has 0 nitrogen and oxygen atoms in total. The van der Waals surface area contributed by atoms with E-state index in [1.165, 1.54) is 18.1 Å². The van der Waals surface area contributed by atoms with Crippen molar-refractivity contribution in [3.8, 4) is 0 Å². The summed E-state index contributed by atoms with van der Waals surface area (Å²) in [6, 6.07) is 0. The van der Waals surface area contributed by atoms with Gasteiger partial charge in [0.25, 0.3) is 0 Å². The van der Waals surface area contributed by atoms with Crippen molar-refractivity contribution >= 4 is 13.6 Å². The van der Waals surface area contributed by atoms with Gasteiger partial charge in [0.1, 0.15) is 0 Å². The summed E-state index contributed by atoms with van der Waals surface area (Å²) in [7, 11) is 0. The van der Waals surface area contributed by atoms with Crippen LogP contribution in [0.2, 0.25) is 22.3 Å². The zero-order valence-corrected chi connectivity index (χ0v) is 8.45. The van der Waals surface area contributed by atoms with Gasteiger partial charge in [0.15, 0.2) is 0 Å². The Balaban J connectivity index is 3.11. The second-order valence-electron chi connectivity index (χ2n) is 3.37. The topological polar surface area (TPSA) is 0 Å². The molecule has 0 aromatic carbocycles. The van der Waals surface area contributed by atoms with Gasteiger partial charge in [-0.05, 0) is 0 Å². The number of unbranched alkanes of at least 4 members (excludes halogenated alkanes) is 1. The summed E-state index contributed by atoms with van der Waals surface area (Å²) in [4.78, 5) is 0. The second kappa shape index (κ2) is 3.56. The van der Waals surface area contributed by atoms with Crippen LogP contribution in [0.5, 0.6) is 0 Å². The van der Waals surface area contributed by atoms with Crippen LogP contribution in [0.15, 0.2) is 0 Å². The normalized spacial score (nSPS) is 12.0. The number of hydrogen-bond donors (Lipinski definition) is 0. The third-order valence-corrected chi connectivity index (χ3v) is 4.66. The van der Waals surface area contributed by atoms with Gasteiger partial charge in [0, 0.05) is 0 Å². The molecule has 0 saturated carbocycles. The Labute approximate surface area is 56.1 Å². The number of hydrogen-bond acceptors (Lipinski definition) is 0. The van der Waals surface area contributed by atoms with E-state index in [2.05, 4.69) is 24.1 Å². The summed E-state index contributed by atoms with van der Waals surface area (Å²) >= 11 is -0.970. The SMILES string of the molecule is CCCC[As](C)(C)C. The molecule has 0 aromatic rings. The van der Waals surface area contributed by atoms with Gasteiger partial charge in [-0.2, -0.15) is 0 Å². The monoisotopic (exact) mass is 177 g/mol. The van der Waals surface area contributed by atoms with Crippen LogP contribution in [0.3, 0.4) is 0 Å². The van der Waals surface area contributed by atoms with Crippen molar-refractivity contribution in [1.82, 2.24) is 0 Å². The zero-order valence-electron chi connectivity index (χ0n) is 6.57. The second-order valence-corrected chi connectivity index (χ2v) is 13.9. The molecular formula is C7H18As. The summed E-state index contributed by atoms with van der Waals surface area (Å²) in [5, 5.41) is 1.54. The maximum atomic E-state index is 2.47. The molecule has 0 aromatic heterocycles. The van der Waals surface area contributed by atoms with Gasteiger partial charge in [-0.3, -0.25) is 0 Å². The molecule has 0 unspecified atom stereocenters. The molecule has 0 amide bonds. The van der Waals surface area contributed by atoms with Gasteiger partial charge in [-0.15, -0.1) is 0 Å². The van der Waals surface area contributed by atoms with Crippen LogP contribution in [-0.2, 0) is 0 Å². The van der Waals surface area contributed by atoms with Crippen molar-refractivity contribution in [2.24, 2.45) is 0 Å². The average molecular weight is 177 g/mol. The molecule has 0 saturated heterocycles. The van der Waals surface area contributed by atoms with Crippen LogP contribution >= 0.6 is 0 Å². The Bertz CT molecular complexity index is 51.9. The molecule has 51 valence electrons. The first kappa shape index (κ1) is 8.56. The van der Waals surface area contributed by atoms with Crippen LogP contribution in [0, 0.1) is 0 Å². The quantitative estimate of drug-likeness (QED) is 0.581. The molecule has 0 bridgehead atoms. The van der Waals surface area contributed by atoms with E-state index >= 15 is 0 Å². The molecule has 0 spiro atoms. The Morgan fingerprint density at radius 1 is 1.12 bits per heavy atom. The summed E-state index contributed by atoms with van der Waals surface area (Å²) < 4.78 is 0. The molecule has 8 heavy (non-hydrogen) atoms. The fourth-order valence-corrected chi connectivity index (χ4v) is 3.29. The average Bonchev–Trinajstić information content (AvgIpc) is 1.59. The molecule has 0 aliphatic carbocycles. The van der Waals surface area contributed by atoms with Gasteiger partial charge in [-0.1, -0.05) is 0 Å². The summed E-state index contributed by atoms with van der Waals surface area (Å²) in [5.41, 5.74) is 7.40. The Hall–Kier alpha value is 0.558. The molecule has 0 atom stereocenters. The first-order valence-corrected chi connectivity index (χ1v) is 10.3. The van der Waals surface area contributed by atoms with E-state index in [1.807, 2.05) is 0 Å². The predicted octanol–water partition coefficient (Wildman–Crippen LogP) is 3.12. The minimum absolute atomic E-state index is 0.970. The van der Waals surface area contributed by atoms with E-state index in [0.717, 1.165) is 0 Å². The van der Waals surface area contributed by atoms with Crippen molar-refractivity contribution in [1.29, 1.82) is 0 Å². The summed E-state index contributed by atoms with van der Waals surface area (Å²) in [6.07, 6.45) is 2.83. The third-order valence-electron chi connectivity index (χ3n) is 1.18. The minimum atomic E-state index is -0.970. The van der Waals surface area contributed by atoms with Crippen molar-refractivity contribution < 1.29 is 0 Å². The van der Waals surface area contributed by atoms with Gasteiger partial charge in [0.05, 0.1) is 0 Å². The van der Waals surface area contributed by atoms with Crippen molar-refractivity contribution in [2.75, 3.05) is 0 Å². The van der Waals surface area contributed by atoms with Gasteiger partial charge < -0.3 is 0 Å². The molecule has 0 N–H and O–H groups in total. The van der Waals surface area contributed by atoms with Crippen LogP contribution in [0.1, 0.15) is 19.8 Å². The molecule has 0 rings (SSSR count). The Morgan fingerprint density at radius 2 is 1.62 bits per heavy atom. The van der Waals surface area contributed by atoms with E-state index in [-0.39, 0.29) is 0 Å². The van der Waals surface area contributed by atoms with Crippen LogP contribution < -0.4 is 0 Å². The molecule has 1 radical (unpaired) electrons. The molecule has 0 heterocycles. The third kappa shape index (κ3) is 6.56. The Morgan fingerprint density at radius 3 is 1.75 bits per heavy atom. The molecule has 1 heteroatoms. The fraction of sp³-hybridized carbons (Fsp3) is 1.00. The molecule has 0 aliphatic rings.